The van der Waals surface area contributed by atoms with Crippen LogP contribution < -0.4 is 5.73 Å². The average Bonchev–Trinajstić information content (AvgIpc) is 2.09. The van der Waals surface area contributed by atoms with Gasteiger partial charge in [-0.1, -0.05) is 0 Å². The molecule has 0 amide bonds. The van der Waals surface area contributed by atoms with Crippen molar-refractivity contribution in [2.45, 2.75) is 31.1 Å². The van der Waals surface area contributed by atoms with Gasteiger partial charge in [0.25, 0.3) is 6.47 Å². The Hall–Kier alpha value is -0.720. The van der Waals surface area contributed by atoms with Crippen LogP contribution in [0.2, 0.25) is 0 Å². The number of alkyl halides is 1. The minimum Gasteiger partial charge on any atom is -0.459 e. The third kappa shape index (κ3) is 2.36. The Morgan fingerprint density at radius 2 is 2.46 bits per heavy atom. The number of hydrogen-bond acceptors (Lipinski definition) is 5. The summed E-state index contributed by atoms with van der Waals surface area (Å²) in [6, 6.07) is 0. The van der Waals surface area contributed by atoms with Gasteiger partial charge in [0, 0.05) is 13.0 Å². The molecule has 0 aromatic rings. The maximum absolute atomic E-state index is 13.1. The van der Waals surface area contributed by atoms with E-state index >= 15 is 0 Å². The standard InChI is InChI=1S/C7H12FNO4/c8-4-1-6(11)13-5(2-9)7(4)12-3-10/h3-7,11H,1-2,9H2. The number of rotatable bonds is 3. The monoisotopic (exact) mass is 193 g/mol. The normalized spacial score (nSPS) is 39.9. The molecule has 76 valence electrons. The van der Waals surface area contributed by atoms with Crippen LogP contribution >= 0.6 is 0 Å². The summed E-state index contributed by atoms with van der Waals surface area (Å²) >= 11 is 0. The maximum atomic E-state index is 13.1. The predicted octanol–water partition coefficient (Wildman–Crippen LogP) is -1.07. The summed E-state index contributed by atoms with van der Waals surface area (Å²) in [6.45, 7) is 0.150. The van der Waals surface area contributed by atoms with Crippen LogP contribution in [0.3, 0.4) is 0 Å². The SMILES string of the molecule is NCC1OC(O)CC(F)C1OC=O. The van der Waals surface area contributed by atoms with Gasteiger partial charge in [0.1, 0.15) is 12.3 Å². The van der Waals surface area contributed by atoms with Crippen molar-refractivity contribution in [2.24, 2.45) is 5.73 Å². The molecule has 1 aliphatic rings. The van der Waals surface area contributed by atoms with Gasteiger partial charge in [-0.3, -0.25) is 4.79 Å². The fourth-order valence-corrected chi connectivity index (χ4v) is 1.32. The van der Waals surface area contributed by atoms with E-state index in [9.17, 15) is 9.18 Å². The zero-order chi connectivity index (χ0) is 9.84. The zero-order valence-electron chi connectivity index (χ0n) is 6.93. The van der Waals surface area contributed by atoms with Gasteiger partial charge in [-0.25, -0.2) is 4.39 Å². The fourth-order valence-electron chi connectivity index (χ4n) is 1.32. The molecule has 0 bridgehead atoms. The second kappa shape index (κ2) is 4.50. The van der Waals surface area contributed by atoms with E-state index in [4.69, 9.17) is 15.6 Å². The van der Waals surface area contributed by atoms with Gasteiger partial charge in [0.05, 0.1) is 0 Å². The molecule has 0 saturated carbocycles. The van der Waals surface area contributed by atoms with E-state index in [2.05, 4.69) is 4.74 Å². The van der Waals surface area contributed by atoms with Gasteiger partial charge >= 0.3 is 0 Å². The zero-order valence-corrected chi connectivity index (χ0v) is 6.93. The number of nitrogens with two attached hydrogens (primary N) is 1. The van der Waals surface area contributed by atoms with Crippen LogP contribution in [0.4, 0.5) is 4.39 Å². The Balaban J connectivity index is 2.59. The lowest BCUT2D eigenvalue weighted by atomic mass is 10.0. The molecule has 0 aliphatic carbocycles. The van der Waals surface area contributed by atoms with Crippen LogP contribution in [0.1, 0.15) is 6.42 Å². The van der Waals surface area contributed by atoms with Crippen molar-refractivity contribution in [2.75, 3.05) is 6.54 Å². The van der Waals surface area contributed by atoms with Crippen LogP contribution in [-0.2, 0) is 14.3 Å². The van der Waals surface area contributed by atoms with Gasteiger partial charge in [-0.05, 0) is 0 Å². The summed E-state index contributed by atoms with van der Waals surface area (Å²) in [5, 5.41) is 9.01. The lowest BCUT2D eigenvalue weighted by Gasteiger charge is -2.34. The molecule has 0 aromatic carbocycles. The highest BCUT2D eigenvalue weighted by molar-refractivity contribution is 5.37. The first kappa shape index (κ1) is 10.4. The molecule has 0 aromatic heterocycles. The van der Waals surface area contributed by atoms with Crippen molar-refractivity contribution in [1.82, 2.24) is 0 Å². The van der Waals surface area contributed by atoms with Gasteiger partial charge < -0.3 is 20.3 Å². The van der Waals surface area contributed by atoms with E-state index < -0.39 is 24.7 Å². The van der Waals surface area contributed by atoms with E-state index in [1.54, 1.807) is 0 Å². The summed E-state index contributed by atoms with van der Waals surface area (Å²) in [4.78, 5) is 10.0. The highest BCUT2D eigenvalue weighted by Gasteiger charge is 2.39. The molecule has 1 saturated heterocycles. The topological polar surface area (TPSA) is 81.8 Å². The molecule has 0 spiro atoms. The third-order valence-corrected chi connectivity index (χ3v) is 1.93. The van der Waals surface area contributed by atoms with Crippen molar-refractivity contribution in [3.63, 3.8) is 0 Å². The third-order valence-electron chi connectivity index (χ3n) is 1.93. The van der Waals surface area contributed by atoms with Gasteiger partial charge in [-0.15, -0.1) is 0 Å². The molecule has 1 heterocycles. The van der Waals surface area contributed by atoms with Crippen LogP contribution in [0.25, 0.3) is 0 Å². The summed E-state index contributed by atoms with van der Waals surface area (Å²) < 4.78 is 22.5. The summed E-state index contributed by atoms with van der Waals surface area (Å²) in [6.07, 6.45) is -4.58. The quantitative estimate of drug-likeness (QED) is 0.558. The van der Waals surface area contributed by atoms with Crippen molar-refractivity contribution in [1.29, 1.82) is 0 Å². The first-order chi connectivity index (χ1) is 6.19. The van der Waals surface area contributed by atoms with Gasteiger partial charge in [-0.2, -0.15) is 0 Å². The summed E-state index contributed by atoms with van der Waals surface area (Å²) in [7, 11) is 0. The number of ether oxygens (including phenoxy) is 2. The predicted molar refractivity (Wildman–Crippen MR) is 40.4 cm³/mol. The number of aliphatic hydroxyl groups is 1. The van der Waals surface area contributed by atoms with Crippen molar-refractivity contribution in [3.05, 3.63) is 0 Å². The molecule has 1 rings (SSSR count). The largest absolute Gasteiger partial charge is 0.459 e. The van der Waals surface area contributed by atoms with Crippen LogP contribution in [-0.4, -0.2) is 42.8 Å². The van der Waals surface area contributed by atoms with Crippen LogP contribution in [0, 0.1) is 0 Å². The van der Waals surface area contributed by atoms with E-state index in [0.29, 0.717) is 0 Å². The Morgan fingerprint density at radius 1 is 1.77 bits per heavy atom. The molecule has 1 aliphatic heterocycles. The molecule has 4 unspecified atom stereocenters. The fraction of sp³-hybridized carbons (Fsp3) is 0.857. The minimum absolute atomic E-state index is 0.00398. The highest BCUT2D eigenvalue weighted by Crippen LogP contribution is 2.23. The lowest BCUT2D eigenvalue weighted by Crippen LogP contribution is -2.51. The lowest BCUT2D eigenvalue weighted by molar-refractivity contribution is -0.222. The Labute approximate surface area is 74.6 Å². The first-order valence-corrected chi connectivity index (χ1v) is 3.95. The smallest absolute Gasteiger partial charge is 0.293 e. The number of carbonyl (C=O) groups is 1. The molecule has 13 heavy (non-hydrogen) atoms. The summed E-state index contributed by atoms with van der Waals surface area (Å²) in [5.41, 5.74) is 5.25. The minimum atomic E-state index is -1.43. The van der Waals surface area contributed by atoms with E-state index in [1.807, 2.05) is 0 Å². The van der Waals surface area contributed by atoms with Crippen molar-refractivity contribution in [3.8, 4) is 0 Å². The molecule has 6 heteroatoms. The second-order valence-corrected chi connectivity index (χ2v) is 2.81. The maximum Gasteiger partial charge on any atom is 0.293 e. The number of carbonyl (C=O) groups excluding carboxylic acids is 1. The van der Waals surface area contributed by atoms with E-state index in [-0.39, 0.29) is 19.4 Å². The van der Waals surface area contributed by atoms with E-state index in [1.165, 1.54) is 0 Å². The van der Waals surface area contributed by atoms with Gasteiger partial charge in [0.15, 0.2) is 12.4 Å². The second-order valence-electron chi connectivity index (χ2n) is 2.81. The summed E-state index contributed by atoms with van der Waals surface area (Å²) in [5.74, 6) is 0. The molecule has 0 radical (unpaired) electrons. The average molecular weight is 193 g/mol. The first-order valence-electron chi connectivity index (χ1n) is 3.95. The Kier molecular flexibility index (Phi) is 3.58. The van der Waals surface area contributed by atoms with Crippen molar-refractivity contribution < 1.29 is 23.8 Å². The van der Waals surface area contributed by atoms with Crippen molar-refractivity contribution >= 4 is 6.47 Å². The molecule has 4 atom stereocenters. The Bertz CT molecular complexity index is 180. The van der Waals surface area contributed by atoms with Gasteiger partial charge in [0.2, 0.25) is 0 Å². The molecule has 5 nitrogen and oxygen atoms in total. The number of hydrogen-bond donors (Lipinski definition) is 2. The van der Waals surface area contributed by atoms with Crippen LogP contribution in [0.15, 0.2) is 0 Å². The Morgan fingerprint density at radius 3 is 3.00 bits per heavy atom. The highest BCUT2D eigenvalue weighted by atomic mass is 19.1. The molecule has 3 N–H and O–H groups in total. The molecular formula is C7H12FNO4. The number of aliphatic hydroxyl groups excluding tert-OH is 1. The van der Waals surface area contributed by atoms with Crippen LogP contribution in [0.5, 0.6) is 0 Å². The molecule has 1 fully saturated rings. The molecular weight excluding hydrogens is 181 g/mol. The van der Waals surface area contributed by atoms with E-state index in [0.717, 1.165) is 0 Å². The number of halogens is 1.